The Morgan fingerprint density at radius 1 is 1.00 bits per heavy atom. The number of rotatable bonds is 3. The van der Waals surface area contributed by atoms with Gasteiger partial charge in [-0.1, -0.05) is 25.0 Å². The Morgan fingerprint density at radius 3 is 2.55 bits per heavy atom. The molecule has 2 aromatic carbocycles. The van der Waals surface area contributed by atoms with E-state index in [2.05, 4.69) is 5.32 Å². The number of nitrogens with zero attached hydrogens (tertiary/aromatic N) is 1. The van der Waals surface area contributed by atoms with E-state index in [1.165, 1.54) is 0 Å². The van der Waals surface area contributed by atoms with Gasteiger partial charge in [0.15, 0.2) is 0 Å². The van der Waals surface area contributed by atoms with E-state index in [9.17, 15) is 13.2 Å². The molecule has 1 N–H and O–H groups in total. The van der Waals surface area contributed by atoms with E-state index < -0.39 is 10.0 Å². The van der Waals surface area contributed by atoms with Gasteiger partial charge >= 0.3 is 0 Å². The topological polar surface area (TPSA) is 84.9 Å². The summed E-state index contributed by atoms with van der Waals surface area (Å²) in [6.07, 6.45) is 5.40. The Balaban J connectivity index is 1.56. The number of amides is 1. The highest BCUT2D eigenvalue weighted by Crippen LogP contribution is 2.37. The van der Waals surface area contributed by atoms with E-state index in [-0.39, 0.29) is 16.2 Å². The van der Waals surface area contributed by atoms with E-state index in [4.69, 9.17) is 9.47 Å². The minimum Gasteiger partial charge on any atom is -0.497 e. The summed E-state index contributed by atoms with van der Waals surface area (Å²) in [6.45, 7) is 1.89. The van der Waals surface area contributed by atoms with E-state index in [1.54, 1.807) is 41.7 Å². The van der Waals surface area contributed by atoms with Crippen LogP contribution in [0.1, 0.15) is 48.9 Å². The maximum absolute atomic E-state index is 13.4. The maximum atomic E-state index is 13.4. The zero-order valence-corrected chi connectivity index (χ0v) is 19.9. The third-order valence-electron chi connectivity index (χ3n) is 6.69. The van der Waals surface area contributed by atoms with Crippen LogP contribution in [0.15, 0.2) is 53.4 Å². The van der Waals surface area contributed by atoms with E-state index in [1.807, 2.05) is 18.2 Å². The van der Waals surface area contributed by atoms with Gasteiger partial charge < -0.3 is 14.8 Å². The van der Waals surface area contributed by atoms with Crippen molar-refractivity contribution < 1.29 is 22.7 Å². The second kappa shape index (κ2) is 10.1. The van der Waals surface area contributed by atoms with Crippen LogP contribution >= 0.6 is 0 Å². The molecule has 2 aromatic rings. The smallest absolute Gasteiger partial charge is 0.255 e. The molecule has 7 nitrogen and oxygen atoms in total. The van der Waals surface area contributed by atoms with Crippen LogP contribution < -0.4 is 14.8 Å². The first-order valence-electron chi connectivity index (χ1n) is 11.6. The molecule has 1 unspecified atom stereocenters. The molecule has 1 saturated heterocycles. The Hall–Kier alpha value is -2.58. The van der Waals surface area contributed by atoms with Crippen molar-refractivity contribution in [2.45, 2.75) is 43.4 Å². The van der Waals surface area contributed by atoms with Gasteiger partial charge in [-0.3, -0.25) is 4.79 Å². The molecule has 1 spiro atoms. The first-order valence-corrected chi connectivity index (χ1v) is 13.0. The lowest BCUT2D eigenvalue weighted by Crippen LogP contribution is -2.51. The molecule has 8 heteroatoms. The maximum Gasteiger partial charge on any atom is 0.255 e. The third kappa shape index (κ3) is 5.33. The number of benzene rings is 2. The minimum absolute atomic E-state index is 0.180. The van der Waals surface area contributed by atoms with Gasteiger partial charge in [-0.2, -0.15) is 4.31 Å². The number of sulfonamides is 1. The molecule has 0 bridgehead atoms. The SMILES string of the molecule is COc1ccc(S(=O)(=O)N2CCCC3(CCCCCOc4ccccc4C(=O)NC3)C2)cc1. The van der Waals surface area contributed by atoms with Crippen molar-refractivity contribution >= 4 is 15.9 Å². The minimum atomic E-state index is -3.63. The van der Waals surface area contributed by atoms with Crippen LogP contribution in [-0.4, -0.2) is 52.0 Å². The van der Waals surface area contributed by atoms with Gasteiger partial charge in [-0.05, 0) is 62.1 Å². The number of piperidine rings is 1. The van der Waals surface area contributed by atoms with Gasteiger partial charge in [-0.15, -0.1) is 0 Å². The van der Waals surface area contributed by atoms with Crippen LogP contribution in [-0.2, 0) is 10.0 Å². The van der Waals surface area contributed by atoms with Crippen molar-refractivity contribution in [1.82, 2.24) is 9.62 Å². The van der Waals surface area contributed by atoms with Crippen LogP contribution in [0.4, 0.5) is 0 Å². The number of fused-ring (bicyclic) bond motifs is 1. The summed E-state index contributed by atoms with van der Waals surface area (Å²) in [5.41, 5.74) is 0.231. The monoisotopic (exact) mass is 472 g/mol. The van der Waals surface area contributed by atoms with Gasteiger partial charge in [0.1, 0.15) is 11.5 Å². The Bertz CT molecular complexity index is 1070. The molecule has 2 heterocycles. The van der Waals surface area contributed by atoms with Gasteiger partial charge in [-0.25, -0.2) is 8.42 Å². The van der Waals surface area contributed by atoms with Crippen molar-refractivity contribution in [1.29, 1.82) is 0 Å². The number of carbonyl (C=O) groups excluding carboxylic acids is 1. The lowest BCUT2D eigenvalue weighted by molar-refractivity contribution is 0.0861. The summed E-state index contributed by atoms with van der Waals surface area (Å²) in [4.78, 5) is 13.2. The number of para-hydroxylation sites is 1. The second-order valence-corrected chi connectivity index (χ2v) is 10.9. The predicted octanol–water partition coefficient (Wildman–Crippen LogP) is 3.85. The highest BCUT2D eigenvalue weighted by atomic mass is 32.2. The summed E-state index contributed by atoms with van der Waals surface area (Å²) in [7, 11) is -2.07. The fourth-order valence-electron chi connectivity index (χ4n) is 4.81. The quantitative estimate of drug-likeness (QED) is 0.734. The van der Waals surface area contributed by atoms with Crippen LogP contribution in [0.25, 0.3) is 0 Å². The summed E-state index contributed by atoms with van der Waals surface area (Å²) >= 11 is 0. The van der Waals surface area contributed by atoms with Crippen molar-refractivity contribution in [3.63, 3.8) is 0 Å². The molecule has 0 aliphatic carbocycles. The fourth-order valence-corrected chi connectivity index (χ4v) is 6.40. The number of ether oxygens (including phenoxy) is 2. The molecule has 2 aliphatic heterocycles. The lowest BCUT2D eigenvalue weighted by atomic mass is 9.76. The highest BCUT2D eigenvalue weighted by molar-refractivity contribution is 7.89. The molecule has 33 heavy (non-hydrogen) atoms. The number of carbonyl (C=O) groups is 1. The molecule has 0 saturated carbocycles. The van der Waals surface area contributed by atoms with E-state index in [0.29, 0.717) is 43.3 Å². The normalized spacial score (nSPS) is 22.9. The Labute approximate surface area is 196 Å². The molecule has 1 amide bonds. The largest absolute Gasteiger partial charge is 0.497 e. The summed E-state index contributed by atoms with van der Waals surface area (Å²) in [5, 5.41) is 3.09. The van der Waals surface area contributed by atoms with Gasteiger partial charge in [0.05, 0.1) is 24.2 Å². The molecule has 2 aliphatic rings. The molecule has 4 rings (SSSR count). The Morgan fingerprint density at radius 2 is 1.76 bits per heavy atom. The Kier molecular flexibility index (Phi) is 7.24. The van der Waals surface area contributed by atoms with Gasteiger partial charge in [0.25, 0.3) is 5.91 Å². The first kappa shape index (κ1) is 23.6. The van der Waals surface area contributed by atoms with Crippen molar-refractivity contribution in [2.24, 2.45) is 5.41 Å². The lowest BCUT2D eigenvalue weighted by Gasteiger charge is -2.42. The fraction of sp³-hybridized carbons (Fsp3) is 0.480. The zero-order chi connectivity index (χ0) is 23.3. The summed E-state index contributed by atoms with van der Waals surface area (Å²) < 4.78 is 39.4. The van der Waals surface area contributed by atoms with Crippen LogP contribution in [0.3, 0.4) is 0 Å². The first-order chi connectivity index (χ1) is 15.9. The second-order valence-electron chi connectivity index (χ2n) is 8.96. The highest BCUT2D eigenvalue weighted by Gasteiger charge is 2.40. The number of methoxy groups -OCH3 is 1. The van der Waals surface area contributed by atoms with Gasteiger partial charge in [0, 0.05) is 25.0 Å². The summed E-state index contributed by atoms with van der Waals surface area (Å²) in [5.74, 6) is 1.04. The number of hydrogen-bond acceptors (Lipinski definition) is 5. The average molecular weight is 473 g/mol. The molecule has 1 fully saturated rings. The standard InChI is InChI=1S/C25H32N2O5S/c1-31-20-10-12-21(13-11-20)33(29,30)27-16-7-15-25(19-27)14-5-2-6-17-32-23-9-4-3-8-22(23)24(28)26-18-25/h3-4,8-13H,2,5-7,14-19H2,1H3,(H,26,28). The molecular formula is C25H32N2O5S. The average Bonchev–Trinajstić information content (AvgIpc) is 2.84. The van der Waals surface area contributed by atoms with Crippen LogP contribution in [0.2, 0.25) is 0 Å². The number of nitrogens with one attached hydrogen (secondary N) is 1. The predicted molar refractivity (Wildman–Crippen MR) is 126 cm³/mol. The van der Waals surface area contributed by atoms with E-state index in [0.717, 1.165) is 38.5 Å². The molecule has 178 valence electrons. The van der Waals surface area contributed by atoms with Crippen molar-refractivity contribution in [3.05, 3.63) is 54.1 Å². The molecule has 1 atom stereocenters. The molecule has 0 aromatic heterocycles. The molecular weight excluding hydrogens is 440 g/mol. The van der Waals surface area contributed by atoms with Crippen LogP contribution in [0, 0.1) is 5.41 Å². The number of hydrogen-bond donors (Lipinski definition) is 1. The van der Waals surface area contributed by atoms with Crippen LogP contribution in [0.5, 0.6) is 11.5 Å². The van der Waals surface area contributed by atoms with E-state index >= 15 is 0 Å². The van der Waals surface area contributed by atoms with Crippen molar-refractivity contribution in [2.75, 3.05) is 33.4 Å². The zero-order valence-electron chi connectivity index (χ0n) is 19.1. The molecule has 0 radical (unpaired) electrons. The summed E-state index contributed by atoms with van der Waals surface area (Å²) in [6, 6.07) is 13.8. The third-order valence-corrected chi connectivity index (χ3v) is 8.55. The van der Waals surface area contributed by atoms with Gasteiger partial charge in [0.2, 0.25) is 10.0 Å². The van der Waals surface area contributed by atoms with Crippen molar-refractivity contribution in [3.8, 4) is 11.5 Å².